The van der Waals surface area contributed by atoms with E-state index in [4.69, 9.17) is 0 Å². The van der Waals surface area contributed by atoms with Crippen LogP contribution in [0.4, 0.5) is 0 Å². The Morgan fingerprint density at radius 3 is 1.12 bits per heavy atom. The van der Waals surface area contributed by atoms with Gasteiger partial charge in [-0.3, -0.25) is 19.2 Å². The monoisotopic (exact) mass is 858 g/mol. The Kier molecular flexibility index (Phi) is 19.1. The average molecular weight is 859 g/mol. The molecule has 4 N–H and O–H groups in total. The molecule has 0 heterocycles. The molecule has 4 amide bonds. The van der Waals surface area contributed by atoms with Gasteiger partial charge in [0.2, 0.25) is 23.6 Å². The highest BCUT2D eigenvalue weighted by Crippen LogP contribution is 2.26. The van der Waals surface area contributed by atoms with Crippen molar-refractivity contribution in [3.63, 3.8) is 0 Å². The lowest BCUT2D eigenvalue weighted by Crippen LogP contribution is -2.70. The normalized spacial score (nSPS) is 14.3. The summed E-state index contributed by atoms with van der Waals surface area (Å²) in [6.07, 6.45) is 0. The Bertz CT molecular complexity index is 1870. The molecule has 58 heavy (non-hydrogen) atoms. The summed E-state index contributed by atoms with van der Waals surface area (Å²) in [6, 6.07) is 40.1. The highest BCUT2D eigenvalue weighted by atomic mass is 32.2. The van der Waals surface area contributed by atoms with E-state index >= 15 is 0 Å². The zero-order valence-corrected chi connectivity index (χ0v) is 37.5. The summed E-state index contributed by atoms with van der Waals surface area (Å²) in [5.41, 5.74) is 0.411. The lowest BCUT2D eigenvalue weighted by atomic mass is 9.95. The summed E-state index contributed by atoms with van der Waals surface area (Å²) in [5, 5.41) is 12.3. The van der Waals surface area contributed by atoms with Crippen LogP contribution in [0.3, 0.4) is 0 Å². The molecule has 0 aromatic heterocycles. The molecular weight excluding hydrogens is 801 g/mol. The minimum Gasteiger partial charge on any atom is -0.353 e. The number of amides is 4. The molecule has 0 aliphatic carbocycles. The van der Waals surface area contributed by atoms with E-state index in [1.807, 2.05) is 109 Å². The molecule has 3 atom stereocenters. The first-order valence-corrected chi connectivity index (χ1v) is 24.2. The van der Waals surface area contributed by atoms with E-state index in [1.54, 1.807) is 58.1 Å². The first-order valence-electron chi connectivity index (χ1n) is 19.5. The molecular formula is C46H58N4O4S4. The first kappa shape index (κ1) is 46.8. The van der Waals surface area contributed by atoms with Gasteiger partial charge >= 0.3 is 0 Å². The first-order chi connectivity index (χ1) is 27.8. The maximum Gasteiger partial charge on any atom is 0.247 e. The van der Waals surface area contributed by atoms with Crippen LogP contribution in [-0.4, -0.2) is 69.8 Å². The second-order valence-electron chi connectivity index (χ2n) is 15.3. The smallest absolute Gasteiger partial charge is 0.247 e. The molecule has 8 nitrogen and oxygen atoms in total. The van der Waals surface area contributed by atoms with E-state index in [0.29, 0.717) is 35.3 Å². The molecule has 0 aliphatic heterocycles. The predicted molar refractivity (Wildman–Crippen MR) is 248 cm³/mol. The van der Waals surface area contributed by atoms with Gasteiger partial charge in [-0.05, 0) is 43.0 Å². The maximum atomic E-state index is 14.8. The standard InChI is InChI=1S/C46H58N4O4S4/c1-35(2)40(51)48-45(4,33-57-30-38-22-14-8-15-23-38)42(53)50-46(5,34-58-31-39-24-16-9-17-25-39)43(54)49-44(3,32-56-29-37-20-12-7-13-21-37)41(52)47-26-27-55-28-36-18-10-6-11-19-36/h6-25,35H,26-34H2,1-5H3,(H,47,52)(H,48,51)(H,49,54)(H,50,53)/t44-,45+,46-/m0/s1. The topological polar surface area (TPSA) is 116 Å². The minimum absolute atomic E-state index is 0.218. The molecule has 0 saturated heterocycles. The van der Waals surface area contributed by atoms with Gasteiger partial charge in [0.05, 0.1) is 0 Å². The van der Waals surface area contributed by atoms with Gasteiger partial charge in [-0.1, -0.05) is 135 Å². The van der Waals surface area contributed by atoms with E-state index < -0.39 is 28.4 Å². The van der Waals surface area contributed by atoms with E-state index in [0.717, 1.165) is 22.4 Å². The Labute approximate surface area is 362 Å². The van der Waals surface area contributed by atoms with Gasteiger partial charge in [0, 0.05) is 58.5 Å². The van der Waals surface area contributed by atoms with E-state index in [-0.39, 0.29) is 29.2 Å². The second kappa shape index (κ2) is 23.7. The van der Waals surface area contributed by atoms with Crippen LogP contribution >= 0.6 is 47.0 Å². The molecule has 0 unspecified atom stereocenters. The molecule has 4 aromatic rings. The number of benzene rings is 4. The summed E-state index contributed by atoms with van der Waals surface area (Å²) in [4.78, 5) is 56.6. The number of hydrogen-bond donors (Lipinski definition) is 4. The quantitative estimate of drug-likeness (QED) is 0.0523. The number of thioether (sulfide) groups is 4. The summed E-state index contributed by atoms with van der Waals surface area (Å²) in [7, 11) is 0. The molecule has 0 radical (unpaired) electrons. The molecule has 4 rings (SSSR count). The van der Waals surface area contributed by atoms with Gasteiger partial charge in [0.15, 0.2) is 0 Å². The van der Waals surface area contributed by atoms with Crippen LogP contribution in [0.1, 0.15) is 56.9 Å². The fourth-order valence-electron chi connectivity index (χ4n) is 5.71. The second-order valence-corrected chi connectivity index (χ2v) is 19.3. The highest BCUT2D eigenvalue weighted by molar-refractivity contribution is 7.99. The third-order valence-electron chi connectivity index (χ3n) is 9.36. The third kappa shape index (κ3) is 15.4. The van der Waals surface area contributed by atoms with E-state index in [9.17, 15) is 19.2 Å². The van der Waals surface area contributed by atoms with Crippen LogP contribution in [0.15, 0.2) is 121 Å². The number of carbonyl (C=O) groups excluding carboxylic acids is 4. The van der Waals surface area contributed by atoms with Gasteiger partial charge in [0.25, 0.3) is 0 Å². The third-order valence-corrected chi connectivity index (χ3v) is 14.3. The number of carbonyl (C=O) groups is 4. The predicted octanol–water partition coefficient (Wildman–Crippen LogP) is 8.12. The van der Waals surface area contributed by atoms with Crippen LogP contribution in [0.5, 0.6) is 0 Å². The number of rotatable bonds is 24. The summed E-state index contributed by atoms with van der Waals surface area (Å²) >= 11 is 6.35. The van der Waals surface area contributed by atoms with Crippen LogP contribution < -0.4 is 21.3 Å². The van der Waals surface area contributed by atoms with Gasteiger partial charge < -0.3 is 21.3 Å². The van der Waals surface area contributed by atoms with Crippen molar-refractivity contribution in [2.24, 2.45) is 5.92 Å². The van der Waals surface area contributed by atoms with Crippen molar-refractivity contribution < 1.29 is 19.2 Å². The fourth-order valence-corrected chi connectivity index (χ4v) is 9.95. The Balaban J connectivity index is 1.55. The van der Waals surface area contributed by atoms with Crippen molar-refractivity contribution in [2.45, 2.75) is 74.2 Å². The SMILES string of the molecule is CC(C)C(=O)N[C@](C)(CSCc1ccccc1)C(=O)N[C@@](C)(CSCc1ccccc1)C(=O)N[C@@](C)(CSCc1ccccc1)C(=O)NCCSCc1ccccc1. The van der Waals surface area contributed by atoms with Crippen molar-refractivity contribution in [2.75, 3.05) is 29.6 Å². The van der Waals surface area contributed by atoms with Crippen molar-refractivity contribution in [3.8, 4) is 0 Å². The van der Waals surface area contributed by atoms with Gasteiger partial charge in [-0.15, -0.1) is 0 Å². The zero-order valence-electron chi connectivity index (χ0n) is 34.3. The van der Waals surface area contributed by atoms with Crippen molar-refractivity contribution in [3.05, 3.63) is 144 Å². The molecule has 0 spiro atoms. The van der Waals surface area contributed by atoms with E-state index in [2.05, 4.69) is 33.4 Å². The summed E-state index contributed by atoms with van der Waals surface area (Å²) < 4.78 is 0. The van der Waals surface area contributed by atoms with Crippen molar-refractivity contribution in [1.29, 1.82) is 0 Å². The fraction of sp³-hybridized carbons (Fsp3) is 0.391. The molecule has 0 bridgehead atoms. The van der Waals surface area contributed by atoms with Crippen LogP contribution in [0.2, 0.25) is 0 Å². The van der Waals surface area contributed by atoms with Crippen molar-refractivity contribution in [1.82, 2.24) is 21.3 Å². The average Bonchev–Trinajstić information content (AvgIpc) is 3.22. The largest absolute Gasteiger partial charge is 0.353 e. The minimum atomic E-state index is -1.46. The molecule has 0 aliphatic rings. The highest BCUT2D eigenvalue weighted by Gasteiger charge is 2.45. The zero-order chi connectivity index (χ0) is 41.9. The Hall–Kier alpha value is -3.84. The summed E-state index contributed by atoms with van der Waals surface area (Å²) in [6.45, 7) is 9.17. The molecule has 12 heteroatoms. The van der Waals surface area contributed by atoms with Gasteiger partial charge in [-0.25, -0.2) is 0 Å². The van der Waals surface area contributed by atoms with Gasteiger partial charge in [0.1, 0.15) is 16.6 Å². The molecule has 4 aromatic carbocycles. The maximum absolute atomic E-state index is 14.8. The Morgan fingerprint density at radius 2 is 0.776 bits per heavy atom. The Morgan fingerprint density at radius 1 is 0.466 bits per heavy atom. The van der Waals surface area contributed by atoms with Crippen LogP contribution in [0.25, 0.3) is 0 Å². The molecule has 310 valence electrons. The lowest BCUT2D eigenvalue weighted by Gasteiger charge is -2.38. The van der Waals surface area contributed by atoms with Crippen LogP contribution in [-0.2, 0) is 42.2 Å². The lowest BCUT2D eigenvalue weighted by molar-refractivity contribution is -0.139. The molecule has 0 saturated carbocycles. The summed E-state index contributed by atoms with van der Waals surface area (Å²) in [5.74, 6) is 2.38. The number of hydrogen-bond acceptors (Lipinski definition) is 8. The van der Waals surface area contributed by atoms with E-state index in [1.165, 1.54) is 29.1 Å². The number of nitrogens with one attached hydrogen (secondary N) is 4. The van der Waals surface area contributed by atoms with Gasteiger partial charge in [-0.2, -0.15) is 47.0 Å². The van der Waals surface area contributed by atoms with Crippen molar-refractivity contribution >= 4 is 70.7 Å². The molecule has 0 fully saturated rings. The van der Waals surface area contributed by atoms with Crippen LogP contribution in [0, 0.1) is 5.92 Å².